The van der Waals surface area contributed by atoms with Gasteiger partial charge in [-0.2, -0.15) is 0 Å². The maximum Gasteiger partial charge on any atom is 0.337 e. The second-order valence-corrected chi connectivity index (χ2v) is 5.90. The summed E-state index contributed by atoms with van der Waals surface area (Å²) >= 11 is 0. The molecule has 1 amide bonds. The summed E-state index contributed by atoms with van der Waals surface area (Å²) in [5.41, 5.74) is 6.49. The van der Waals surface area contributed by atoms with Crippen molar-refractivity contribution in [2.45, 2.75) is 19.3 Å². The Labute approximate surface area is 117 Å². The van der Waals surface area contributed by atoms with E-state index in [-0.39, 0.29) is 17.4 Å². The first-order valence-electron chi connectivity index (χ1n) is 6.87. The molecule has 20 heavy (non-hydrogen) atoms. The van der Waals surface area contributed by atoms with Gasteiger partial charge in [-0.15, -0.1) is 0 Å². The van der Waals surface area contributed by atoms with Crippen molar-refractivity contribution >= 4 is 23.3 Å². The summed E-state index contributed by atoms with van der Waals surface area (Å²) < 4.78 is 0. The average molecular weight is 274 g/mol. The molecule has 0 saturated heterocycles. The van der Waals surface area contributed by atoms with Gasteiger partial charge in [0.15, 0.2) is 0 Å². The highest BCUT2D eigenvalue weighted by molar-refractivity contribution is 6.03. The van der Waals surface area contributed by atoms with Gasteiger partial charge in [-0.1, -0.05) is 0 Å². The van der Waals surface area contributed by atoms with Crippen molar-refractivity contribution < 1.29 is 14.7 Å². The van der Waals surface area contributed by atoms with Crippen molar-refractivity contribution in [3.8, 4) is 0 Å². The number of benzene rings is 1. The third-order valence-corrected chi connectivity index (χ3v) is 4.54. The van der Waals surface area contributed by atoms with Gasteiger partial charge in [-0.3, -0.25) is 4.79 Å². The van der Waals surface area contributed by atoms with Crippen molar-refractivity contribution in [2.75, 3.05) is 17.7 Å². The minimum absolute atomic E-state index is 0.0180. The summed E-state index contributed by atoms with van der Waals surface area (Å²) in [6.07, 6.45) is 3.16. The largest absolute Gasteiger partial charge is 0.478 e. The second-order valence-electron chi connectivity index (χ2n) is 5.90. The van der Waals surface area contributed by atoms with Crippen LogP contribution in [-0.4, -0.2) is 24.0 Å². The first-order chi connectivity index (χ1) is 9.47. The lowest BCUT2D eigenvalue weighted by Gasteiger charge is -2.23. The van der Waals surface area contributed by atoms with Crippen LogP contribution in [0, 0.1) is 17.8 Å². The molecule has 0 aromatic heterocycles. The summed E-state index contributed by atoms with van der Waals surface area (Å²) in [6.45, 7) is 0. The van der Waals surface area contributed by atoms with E-state index in [1.807, 2.05) is 0 Å². The van der Waals surface area contributed by atoms with Gasteiger partial charge in [-0.25, -0.2) is 4.79 Å². The van der Waals surface area contributed by atoms with Crippen LogP contribution in [0.1, 0.15) is 29.6 Å². The van der Waals surface area contributed by atoms with Crippen molar-refractivity contribution in [3.63, 3.8) is 0 Å². The summed E-state index contributed by atoms with van der Waals surface area (Å²) in [5, 5.41) is 9.24. The van der Waals surface area contributed by atoms with Gasteiger partial charge in [-0.05, 0) is 49.3 Å². The fourth-order valence-electron chi connectivity index (χ4n) is 3.33. The first-order valence-corrected chi connectivity index (χ1v) is 6.87. The van der Waals surface area contributed by atoms with Gasteiger partial charge in [0, 0.05) is 18.7 Å². The molecule has 2 aliphatic carbocycles. The van der Waals surface area contributed by atoms with E-state index in [9.17, 15) is 14.7 Å². The molecule has 2 saturated carbocycles. The smallest absolute Gasteiger partial charge is 0.337 e. The van der Waals surface area contributed by atoms with Crippen LogP contribution in [0.25, 0.3) is 0 Å². The van der Waals surface area contributed by atoms with Crippen LogP contribution in [0.5, 0.6) is 0 Å². The number of carbonyl (C=O) groups excluding carboxylic acids is 1. The molecule has 2 aliphatic rings. The van der Waals surface area contributed by atoms with Gasteiger partial charge in [0.25, 0.3) is 0 Å². The number of nitrogens with zero attached hydrogens (tertiary/aromatic N) is 1. The predicted octanol–water partition coefficient (Wildman–Crippen LogP) is 1.98. The molecule has 3 N–H and O–H groups in total. The van der Waals surface area contributed by atoms with Crippen LogP contribution in [-0.2, 0) is 4.79 Å². The number of aromatic carboxylic acids is 1. The standard InChI is InChI=1S/C15H18N2O3/c1-17(14(18)10-5-8-4-9(8)6-10)13-3-2-11(16)7-12(13)15(19)20/h2-3,7-10H,4-6,16H2,1H3,(H,19,20). The van der Waals surface area contributed by atoms with Crippen LogP contribution in [0.15, 0.2) is 18.2 Å². The number of nitrogen functional groups attached to an aromatic ring is 1. The number of amides is 1. The number of hydrogen-bond donors (Lipinski definition) is 2. The van der Waals surface area contributed by atoms with E-state index in [2.05, 4.69) is 0 Å². The van der Waals surface area contributed by atoms with E-state index in [0.29, 0.717) is 11.4 Å². The van der Waals surface area contributed by atoms with Crippen LogP contribution >= 0.6 is 0 Å². The Kier molecular flexibility index (Phi) is 2.92. The van der Waals surface area contributed by atoms with Crippen LogP contribution < -0.4 is 10.6 Å². The highest BCUT2D eigenvalue weighted by Gasteiger charge is 2.48. The number of carbonyl (C=O) groups is 2. The SMILES string of the molecule is CN(C(=O)C1CC2CC2C1)c1ccc(N)cc1C(=O)O. The molecule has 5 heteroatoms. The zero-order valence-corrected chi connectivity index (χ0v) is 11.4. The molecule has 0 spiro atoms. The third-order valence-electron chi connectivity index (χ3n) is 4.54. The van der Waals surface area contributed by atoms with Crippen molar-refractivity contribution in [3.05, 3.63) is 23.8 Å². The lowest BCUT2D eigenvalue weighted by Crippen LogP contribution is -2.33. The molecule has 0 bridgehead atoms. The first kappa shape index (κ1) is 13.0. The number of rotatable bonds is 3. The summed E-state index contributed by atoms with van der Waals surface area (Å²) in [4.78, 5) is 25.2. The summed E-state index contributed by atoms with van der Waals surface area (Å²) in [5.74, 6) is 0.444. The topological polar surface area (TPSA) is 83.6 Å². The van der Waals surface area contributed by atoms with Gasteiger partial charge >= 0.3 is 5.97 Å². The zero-order chi connectivity index (χ0) is 14.4. The predicted molar refractivity (Wildman–Crippen MR) is 75.5 cm³/mol. The van der Waals surface area contributed by atoms with E-state index < -0.39 is 5.97 Å². The van der Waals surface area contributed by atoms with Gasteiger partial charge in [0.1, 0.15) is 0 Å². The Hall–Kier alpha value is -2.04. The number of nitrogens with two attached hydrogens (primary N) is 1. The van der Waals surface area contributed by atoms with Crippen molar-refractivity contribution in [2.24, 2.45) is 17.8 Å². The lowest BCUT2D eigenvalue weighted by molar-refractivity contribution is -0.122. The Bertz CT molecular complexity index is 574. The fraction of sp³-hybridized carbons (Fsp3) is 0.467. The highest BCUT2D eigenvalue weighted by atomic mass is 16.4. The second kappa shape index (κ2) is 4.51. The monoisotopic (exact) mass is 274 g/mol. The van der Waals surface area contributed by atoms with E-state index in [1.165, 1.54) is 17.4 Å². The Balaban J connectivity index is 1.84. The quantitative estimate of drug-likeness (QED) is 0.825. The van der Waals surface area contributed by atoms with Crippen molar-refractivity contribution in [1.82, 2.24) is 0 Å². The maximum atomic E-state index is 12.5. The normalized spacial score (nSPS) is 26.9. The molecule has 0 aliphatic heterocycles. The Morgan fingerprint density at radius 1 is 1.25 bits per heavy atom. The van der Waals surface area contributed by atoms with Crippen LogP contribution in [0.2, 0.25) is 0 Å². The van der Waals surface area contributed by atoms with Gasteiger partial charge in [0.05, 0.1) is 11.3 Å². The number of fused-ring (bicyclic) bond motifs is 1. The molecule has 1 aromatic carbocycles. The zero-order valence-electron chi connectivity index (χ0n) is 11.4. The minimum Gasteiger partial charge on any atom is -0.478 e. The minimum atomic E-state index is -1.07. The molecule has 3 rings (SSSR count). The highest BCUT2D eigenvalue weighted by Crippen LogP contribution is 2.54. The van der Waals surface area contributed by atoms with E-state index in [1.54, 1.807) is 19.2 Å². The Morgan fingerprint density at radius 2 is 1.90 bits per heavy atom. The van der Waals surface area contributed by atoms with Crippen LogP contribution in [0.3, 0.4) is 0 Å². The maximum absolute atomic E-state index is 12.5. The molecule has 0 radical (unpaired) electrons. The molecular weight excluding hydrogens is 256 g/mol. The third kappa shape index (κ3) is 2.13. The fourth-order valence-corrected chi connectivity index (χ4v) is 3.33. The summed E-state index contributed by atoms with van der Waals surface area (Å²) in [7, 11) is 1.64. The molecular formula is C15H18N2O3. The molecule has 2 atom stereocenters. The Morgan fingerprint density at radius 3 is 2.50 bits per heavy atom. The van der Waals surface area contributed by atoms with Crippen molar-refractivity contribution in [1.29, 1.82) is 0 Å². The van der Waals surface area contributed by atoms with E-state index >= 15 is 0 Å². The van der Waals surface area contributed by atoms with Crippen LogP contribution in [0.4, 0.5) is 11.4 Å². The number of anilines is 2. The number of carboxylic acids is 1. The number of carboxylic acid groups (broad SMARTS) is 1. The molecule has 2 fully saturated rings. The average Bonchev–Trinajstić information content (AvgIpc) is 3.03. The molecule has 1 aromatic rings. The molecule has 5 nitrogen and oxygen atoms in total. The number of hydrogen-bond acceptors (Lipinski definition) is 3. The molecule has 0 heterocycles. The molecule has 2 unspecified atom stereocenters. The van der Waals surface area contributed by atoms with Gasteiger partial charge < -0.3 is 15.7 Å². The van der Waals surface area contributed by atoms with E-state index in [4.69, 9.17) is 5.73 Å². The molecule has 106 valence electrons. The lowest BCUT2D eigenvalue weighted by atomic mass is 10.0. The van der Waals surface area contributed by atoms with Gasteiger partial charge in [0.2, 0.25) is 5.91 Å². The van der Waals surface area contributed by atoms with E-state index in [0.717, 1.165) is 24.7 Å². The summed E-state index contributed by atoms with van der Waals surface area (Å²) in [6, 6.07) is 4.62.